The van der Waals surface area contributed by atoms with Crippen LogP contribution in [-0.2, 0) is 6.54 Å². The zero-order valence-corrected chi connectivity index (χ0v) is 14.4. The van der Waals surface area contributed by atoms with E-state index in [1.807, 2.05) is 0 Å². The van der Waals surface area contributed by atoms with Crippen molar-refractivity contribution in [3.63, 3.8) is 0 Å². The van der Waals surface area contributed by atoms with Crippen molar-refractivity contribution >= 4 is 23.2 Å². The average Bonchev–Trinajstić information content (AvgIpc) is 3.17. The minimum atomic E-state index is -0.496. The Balaban J connectivity index is 1.53. The lowest BCUT2D eigenvalue weighted by Gasteiger charge is -2.17. The first-order chi connectivity index (χ1) is 11.5. The number of carbonyl (C=O) groups excluding carboxylic acids is 2. The molecule has 1 aliphatic heterocycles. The molecule has 6 heteroatoms. The minimum absolute atomic E-state index is 0.130. The van der Waals surface area contributed by atoms with Gasteiger partial charge >= 0.3 is 0 Å². The number of hydrogen-bond acceptors (Lipinski definition) is 4. The van der Waals surface area contributed by atoms with E-state index in [2.05, 4.69) is 41.4 Å². The van der Waals surface area contributed by atoms with Gasteiger partial charge in [-0.1, -0.05) is 29.8 Å². The fourth-order valence-corrected chi connectivity index (χ4v) is 3.77. The molecule has 3 rings (SSSR count). The second-order valence-corrected chi connectivity index (χ2v) is 7.30. The zero-order valence-electron chi connectivity index (χ0n) is 13.6. The van der Waals surface area contributed by atoms with Crippen molar-refractivity contribution in [3.8, 4) is 0 Å². The first-order valence-electron chi connectivity index (χ1n) is 7.99. The lowest BCUT2D eigenvalue weighted by atomic mass is 10.1. The summed E-state index contributed by atoms with van der Waals surface area (Å²) in [5, 5.41) is 3.05. The van der Waals surface area contributed by atoms with Crippen molar-refractivity contribution in [3.05, 3.63) is 57.3 Å². The monoisotopic (exact) mass is 343 g/mol. The maximum Gasteiger partial charge on any atom is 0.261 e. The molecule has 0 saturated carbocycles. The smallest absolute Gasteiger partial charge is 0.261 e. The number of nitrogens with one attached hydrogen (secondary N) is 1. The Kier molecular flexibility index (Phi) is 4.97. The third kappa shape index (κ3) is 4.01. The molecule has 0 radical (unpaired) electrons. The maximum atomic E-state index is 12.3. The number of likely N-dealkylation sites (tertiary alicyclic amines) is 1. The summed E-state index contributed by atoms with van der Waals surface area (Å²) in [4.78, 5) is 26.7. The Hall–Kier alpha value is -2.18. The van der Waals surface area contributed by atoms with E-state index >= 15 is 0 Å². The van der Waals surface area contributed by atoms with E-state index in [1.165, 1.54) is 11.1 Å². The highest BCUT2D eigenvalue weighted by atomic mass is 32.1. The summed E-state index contributed by atoms with van der Waals surface area (Å²) in [5.74, 6) is -0.626. The maximum absolute atomic E-state index is 12.3. The van der Waals surface area contributed by atoms with Crippen molar-refractivity contribution in [2.24, 2.45) is 5.73 Å². The van der Waals surface area contributed by atoms with Crippen LogP contribution in [-0.4, -0.2) is 35.8 Å². The summed E-state index contributed by atoms with van der Waals surface area (Å²) >= 11 is 1.14. The number of primary amides is 1. The molecule has 0 aliphatic carbocycles. The van der Waals surface area contributed by atoms with Crippen molar-refractivity contribution in [2.75, 3.05) is 13.1 Å². The number of aryl methyl sites for hydroxylation is 1. The Morgan fingerprint density at radius 2 is 2.08 bits per heavy atom. The largest absolute Gasteiger partial charge is 0.365 e. The van der Waals surface area contributed by atoms with Gasteiger partial charge in [-0.15, -0.1) is 11.3 Å². The number of nitrogens with zero attached hydrogens (tertiary/aromatic N) is 1. The van der Waals surface area contributed by atoms with Gasteiger partial charge in [0.25, 0.3) is 11.8 Å². The van der Waals surface area contributed by atoms with Crippen LogP contribution in [0.1, 0.15) is 36.9 Å². The van der Waals surface area contributed by atoms with Gasteiger partial charge in [0, 0.05) is 25.7 Å². The Labute approximate surface area is 145 Å². The van der Waals surface area contributed by atoms with Gasteiger partial charge in [0.05, 0.1) is 9.75 Å². The van der Waals surface area contributed by atoms with Crippen molar-refractivity contribution in [1.82, 2.24) is 10.2 Å². The van der Waals surface area contributed by atoms with Crippen LogP contribution >= 0.6 is 11.3 Å². The Morgan fingerprint density at radius 3 is 2.79 bits per heavy atom. The van der Waals surface area contributed by atoms with E-state index in [0.717, 1.165) is 37.4 Å². The highest BCUT2D eigenvalue weighted by Gasteiger charge is 2.24. The summed E-state index contributed by atoms with van der Waals surface area (Å²) < 4.78 is 0. The van der Waals surface area contributed by atoms with E-state index in [9.17, 15) is 9.59 Å². The third-order valence-corrected chi connectivity index (χ3v) is 5.27. The molecule has 2 aromatic rings. The molecule has 1 saturated heterocycles. The second-order valence-electron chi connectivity index (χ2n) is 6.21. The number of benzene rings is 1. The molecule has 0 spiro atoms. The number of rotatable bonds is 5. The molecule has 2 amide bonds. The van der Waals surface area contributed by atoms with Crippen LogP contribution in [0.2, 0.25) is 0 Å². The van der Waals surface area contributed by atoms with E-state index < -0.39 is 5.91 Å². The Bertz CT molecular complexity index is 756. The molecular weight excluding hydrogens is 322 g/mol. The molecule has 126 valence electrons. The van der Waals surface area contributed by atoms with Crippen LogP contribution in [0.5, 0.6) is 0 Å². The van der Waals surface area contributed by atoms with Gasteiger partial charge in [0.15, 0.2) is 0 Å². The lowest BCUT2D eigenvalue weighted by Crippen LogP contribution is -2.36. The van der Waals surface area contributed by atoms with Crippen LogP contribution in [0.4, 0.5) is 0 Å². The molecule has 1 atom stereocenters. The predicted molar refractivity (Wildman–Crippen MR) is 95.2 cm³/mol. The van der Waals surface area contributed by atoms with Crippen LogP contribution in [0.25, 0.3) is 0 Å². The minimum Gasteiger partial charge on any atom is -0.365 e. The molecular formula is C18H21N3O2S. The number of hydrogen-bond donors (Lipinski definition) is 2. The average molecular weight is 343 g/mol. The summed E-state index contributed by atoms with van der Waals surface area (Å²) in [5.41, 5.74) is 7.79. The third-order valence-electron chi connectivity index (χ3n) is 4.17. The predicted octanol–water partition coefficient (Wildman–Crippen LogP) is 2.16. The fourth-order valence-electron chi connectivity index (χ4n) is 3.01. The molecule has 2 heterocycles. The van der Waals surface area contributed by atoms with Crippen LogP contribution in [0.15, 0.2) is 36.4 Å². The van der Waals surface area contributed by atoms with Crippen LogP contribution in [0, 0.1) is 6.92 Å². The zero-order chi connectivity index (χ0) is 17.1. The molecule has 1 unspecified atom stereocenters. The number of carbonyl (C=O) groups is 2. The van der Waals surface area contributed by atoms with Crippen LogP contribution in [0.3, 0.4) is 0 Å². The highest BCUT2D eigenvalue weighted by molar-refractivity contribution is 7.15. The molecule has 24 heavy (non-hydrogen) atoms. The standard InChI is InChI=1S/C18H21N3O2S/c1-12-3-2-4-13(9-12)10-21-8-7-14(11-21)20-18(23)16-6-5-15(24-16)17(19)22/h2-6,9,14H,7-8,10-11H2,1H3,(H2,19,22)(H,20,23). The first kappa shape index (κ1) is 16.7. The topological polar surface area (TPSA) is 75.4 Å². The van der Waals surface area contributed by atoms with Gasteiger partial charge in [-0.25, -0.2) is 0 Å². The molecule has 1 aromatic carbocycles. The van der Waals surface area contributed by atoms with E-state index in [-0.39, 0.29) is 11.9 Å². The van der Waals surface area contributed by atoms with Gasteiger partial charge in [0.2, 0.25) is 0 Å². The van der Waals surface area contributed by atoms with Gasteiger partial charge in [0.1, 0.15) is 0 Å². The van der Waals surface area contributed by atoms with Crippen molar-refractivity contribution < 1.29 is 9.59 Å². The SMILES string of the molecule is Cc1cccc(CN2CCC(NC(=O)c3ccc(C(N)=O)s3)C2)c1. The summed E-state index contributed by atoms with van der Waals surface area (Å²) in [6, 6.07) is 11.9. The summed E-state index contributed by atoms with van der Waals surface area (Å²) in [6.45, 7) is 4.81. The highest BCUT2D eigenvalue weighted by Crippen LogP contribution is 2.18. The van der Waals surface area contributed by atoms with Gasteiger partial charge in [-0.2, -0.15) is 0 Å². The molecule has 1 aliphatic rings. The van der Waals surface area contributed by atoms with E-state index in [1.54, 1.807) is 12.1 Å². The quantitative estimate of drug-likeness (QED) is 0.873. The molecule has 3 N–H and O–H groups in total. The van der Waals surface area contributed by atoms with Gasteiger partial charge in [-0.3, -0.25) is 14.5 Å². The van der Waals surface area contributed by atoms with Crippen molar-refractivity contribution in [2.45, 2.75) is 25.9 Å². The van der Waals surface area contributed by atoms with Gasteiger partial charge in [-0.05, 0) is 31.0 Å². The van der Waals surface area contributed by atoms with E-state index in [0.29, 0.717) is 9.75 Å². The molecule has 5 nitrogen and oxygen atoms in total. The van der Waals surface area contributed by atoms with Crippen LogP contribution < -0.4 is 11.1 Å². The number of amides is 2. The fraction of sp³-hybridized carbons (Fsp3) is 0.333. The normalized spacial score (nSPS) is 17.8. The molecule has 0 bridgehead atoms. The summed E-state index contributed by atoms with van der Waals surface area (Å²) in [6.07, 6.45) is 0.936. The molecule has 1 fully saturated rings. The first-order valence-corrected chi connectivity index (χ1v) is 8.81. The van der Waals surface area contributed by atoms with Crippen molar-refractivity contribution in [1.29, 1.82) is 0 Å². The lowest BCUT2D eigenvalue weighted by molar-refractivity contribution is 0.0941. The van der Waals surface area contributed by atoms with E-state index in [4.69, 9.17) is 5.73 Å². The van der Waals surface area contributed by atoms with Gasteiger partial charge < -0.3 is 11.1 Å². The number of nitrogens with two attached hydrogens (primary N) is 1. The summed E-state index contributed by atoms with van der Waals surface area (Å²) in [7, 11) is 0. The number of thiophene rings is 1. The second kappa shape index (κ2) is 7.15. The Morgan fingerprint density at radius 1 is 1.29 bits per heavy atom. The molecule has 1 aromatic heterocycles.